The predicted molar refractivity (Wildman–Crippen MR) is 156 cm³/mol. The molecule has 0 saturated carbocycles. The van der Waals surface area contributed by atoms with Crippen LogP contribution in [0.4, 0.5) is 4.39 Å². The van der Waals surface area contributed by atoms with Crippen LogP contribution in [0.25, 0.3) is 0 Å². The molecule has 44 heavy (non-hydrogen) atoms. The molecule has 0 radical (unpaired) electrons. The van der Waals surface area contributed by atoms with Crippen LogP contribution in [0.3, 0.4) is 0 Å². The third kappa shape index (κ3) is 7.27. The van der Waals surface area contributed by atoms with E-state index in [0.717, 1.165) is 5.56 Å². The number of nitriles is 1. The molecule has 2 atom stereocenters. The molecule has 1 fully saturated rings. The third-order valence-corrected chi connectivity index (χ3v) is 9.29. The molecule has 2 N–H and O–H groups in total. The van der Waals surface area contributed by atoms with Crippen molar-refractivity contribution in [3.63, 3.8) is 0 Å². The average Bonchev–Trinajstić information content (AvgIpc) is 3.02. The Kier molecular flexibility index (Phi) is 9.32. The van der Waals surface area contributed by atoms with Crippen molar-refractivity contribution in [1.29, 1.82) is 5.26 Å². The summed E-state index contributed by atoms with van der Waals surface area (Å²) in [6.45, 7) is -0.394. The molecule has 2 aliphatic rings. The molecule has 0 spiro atoms. The van der Waals surface area contributed by atoms with E-state index >= 15 is 0 Å². The molecule has 11 nitrogen and oxygen atoms in total. The molecule has 3 aromatic carbocycles. The first-order chi connectivity index (χ1) is 21.1. The van der Waals surface area contributed by atoms with Gasteiger partial charge in [-0.05, 0) is 66.1 Å². The van der Waals surface area contributed by atoms with Crippen molar-refractivity contribution in [3.8, 4) is 23.3 Å². The second kappa shape index (κ2) is 13.3. The average molecular weight is 623 g/mol. The second-order valence-corrected chi connectivity index (χ2v) is 12.4. The first-order valence-corrected chi connectivity index (χ1v) is 15.4. The van der Waals surface area contributed by atoms with Crippen LogP contribution in [-0.4, -0.2) is 63.5 Å². The number of carbonyl (C=O) groups is 2. The van der Waals surface area contributed by atoms with Gasteiger partial charge < -0.3 is 24.8 Å². The van der Waals surface area contributed by atoms with Gasteiger partial charge in [-0.3, -0.25) is 9.59 Å². The number of methoxy groups -OCH3 is 1. The molecule has 2 amide bonds. The molecule has 230 valence electrons. The number of ether oxygens (including phenoxy) is 3. The van der Waals surface area contributed by atoms with Gasteiger partial charge in [0.25, 0.3) is 5.91 Å². The minimum Gasteiger partial charge on any atom is -0.493 e. The van der Waals surface area contributed by atoms with Crippen molar-refractivity contribution in [2.75, 3.05) is 26.8 Å². The highest BCUT2D eigenvalue weighted by molar-refractivity contribution is 7.89. The number of sulfonamides is 1. The van der Waals surface area contributed by atoms with Gasteiger partial charge in [-0.25, -0.2) is 12.8 Å². The van der Waals surface area contributed by atoms with Crippen molar-refractivity contribution in [2.24, 2.45) is 0 Å². The third-order valence-electron chi connectivity index (χ3n) is 7.42. The highest BCUT2D eigenvalue weighted by Crippen LogP contribution is 2.29. The first kappa shape index (κ1) is 30.8. The Labute approximate surface area is 254 Å². The summed E-state index contributed by atoms with van der Waals surface area (Å²) in [6.07, 6.45) is 0.0341. The molecule has 2 heterocycles. The SMILES string of the molecule is COc1ccc2cc1OCC(=O)N[C@@H]1CN(S(=O)(=O)c3ccc(C#N)cc3)CC[C@H]1Oc1cc(F)cc(c1)CNC(=O)CC2. The van der Waals surface area contributed by atoms with Crippen molar-refractivity contribution < 1.29 is 36.6 Å². The Balaban J connectivity index is 1.44. The number of carbonyl (C=O) groups excluding carboxylic acids is 2. The van der Waals surface area contributed by atoms with Crippen LogP contribution in [-0.2, 0) is 32.6 Å². The number of piperidine rings is 1. The summed E-state index contributed by atoms with van der Waals surface area (Å²) in [4.78, 5) is 25.7. The van der Waals surface area contributed by atoms with Gasteiger partial charge in [-0.2, -0.15) is 9.57 Å². The highest BCUT2D eigenvalue weighted by Gasteiger charge is 2.38. The Hall–Kier alpha value is -4.67. The lowest BCUT2D eigenvalue weighted by molar-refractivity contribution is -0.125. The Bertz CT molecular complexity index is 1690. The molecule has 1 saturated heterocycles. The van der Waals surface area contributed by atoms with Gasteiger partial charge in [0, 0.05) is 38.5 Å². The van der Waals surface area contributed by atoms with E-state index in [2.05, 4.69) is 10.6 Å². The number of nitrogens with one attached hydrogen (secondary N) is 2. The molecule has 0 aliphatic carbocycles. The number of aryl methyl sites for hydroxylation is 1. The summed E-state index contributed by atoms with van der Waals surface area (Å²) < 4.78 is 60.1. The quantitative estimate of drug-likeness (QED) is 0.453. The lowest BCUT2D eigenvalue weighted by atomic mass is 10.0. The van der Waals surface area contributed by atoms with Gasteiger partial charge in [0.05, 0.1) is 29.7 Å². The lowest BCUT2D eigenvalue weighted by Gasteiger charge is -2.38. The van der Waals surface area contributed by atoms with Gasteiger partial charge in [0.1, 0.15) is 17.7 Å². The van der Waals surface area contributed by atoms with Crippen LogP contribution in [0.1, 0.15) is 29.5 Å². The van der Waals surface area contributed by atoms with Crippen LogP contribution in [0, 0.1) is 17.1 Å². The molecule has 0 aromatic heterocycles. The van der Waals surface area contributed by atoms with Crippen molar-refractivity contribution >= 4 is 21.8 Å². The fourth-order valence-corrected chi connectivity index (χ4v) is 6.62. The standard InChI is InChI=1S/C31H31FN4O7S/c1-41-28-8-4-20-5-9-30(37)34-17-22-12-23(32)15-24(13-22)43-27-10-11-36(18-26(27)35-31(38)19-42-29(28)14-20)44(39,40)25-6-2-21(16-33)3-7-25/h2-4,6-8,12-15,26-27H,5,9-11,17-19H2,1H3,(H,34,37)(H,35,38)/t26-,27-/m1/s1. The summed E-state index contributed by atoms with van der Waals surface area (Å²) in [5.74, 6) is -0.436. The number of hydrogen-bond donors (Lipinski definition) is 2. The molecule has 13 heteroatoms. The molecule has 0 unspecified atom stereocenters. The van der Waals surface area contributed by atoms with Gasteiger partial charge >= 0.3 is 0 Å². The zero-order valence-corrected chi connectivity index (χ0v) is 24.7. The first-order valence-electron chi connectivity index (χ1n) is 14.0. The lowest BCUT2D eigenvalue weighted by Crippen LogP contribution is -2.58. The Morgan fingerprint density at radius 1 is 1.02 bits per heavy atom. The van der Waals surface area contributed by atoms with Gasteiger partial charge in [0.2, 0.25) is 15.9 Å². The van der Waals surface area contributed by atoms with Crippen molar-refractivity contribution in [1.82, 2.24) is 14.9 Å². The van der Waals surface area contributed by atoms with E-state index in [1.807, 2.05) is 6.07 Å². The number of halogens is 1. The van der Waals surface area contributed by atoms with E-state index in [4.69, 9.17) is 19.5 Å². The van der Waals surface area contributed by atoms with Crippen LogP contribution in [0.15, 0.2) is 65.6 Å². The van der Waals surface area contributed by atoms with Crippen LogP contribution >= 0.6 is 0 Å². The van der Waals surface area contributed by atoms with E-state index in [9.17, 15) is 22.4 Å². The zero-order valence-electron chi connectivity index (χ0n) is 23.9. The summed E-state index contributed by atoms with van der Waals surface area (Å²) in [7, 11) is -2.50. The van der Waals surface area contributed by atoms with E-state index in [1.165, 1.54) is 47.8 Å². The largest absolute Gasteiger partial charge is 0.493 e. The molecular formula is C31H31FN4O7S. The maximum Gasteiger partial charge on any atom is 0.258 e. The van der Waals surface area contributed by atoms with Gasteiger partial charge in [-0.15, -0.1) is 0 Å². The fourth-order valence-electron chi connectivity index (χ4n) is 5.14. The summed E-state index contributed by atoms with van der Waals surface area (Å²) in [5, 5.41) is 14.7. The van der Waals surface area contributed by atoms with Crippen LogP contribution in [0.2, 0.25) is 0 Å². The van der Waals surface area contributed by atoms with Crippen LogP contribution < -0.4 is 24.8 Å². The molecule has 2 aliphatic heterocycles. The van der Waals surface area contributed by atoms with E-state index in [0.29, 0.717) is 29.0 Å². The fraction of sp³-hybridized carbons (Fsp3) is 0.323. The minimum atomic E-state index is -3.97. The summed E-state index contributed by atoms with van der Waals surface area (Å²) in [6, 6.07) is 16.0. The molecular weight excluding hydrogens is 591 g/mol. The predicted octanol–water partition coefficient (Wildman–Crippen LogP) is 2.67. The molecule has 3 aromatic rings. The normalized spacial score (nSPS) is 19.8. The number of nitrogens with zero attached hydrogens (tertiary/aromatic N) is 2. The maximum absolute atomic E-state index is 14.6. The van der Waals surface area contributed by atoms with Gasteiger partial charge in [0.15, 0.2) is 18.1 Å². The summed E-state index contributed by atoms with van der Waals surface area (Å²) in [5.41, 5.74) is 1.59. The van der Waals surface area contributed by atoms with E-state index < -0.39 is 40.5 Å². The Morgan fingerprint density at radius 3 is 2.57 bits per heavy atom. The molecule has 4 bridgehead atoms. The monoisotopic (exact) mass is 622 g/mol. The van der Waals surface area contributed by atoms with Crippen molar-refractivity contribution in [3.05, 3.63) is 83.2 Å². The van der Waals surface area contributed by atoms with Crippen LogP contribution in [0.5, 0.6) is 17.2 Å². The van der Waals surface area contributed by atoms with E-state index in [-0.39, 0.29) is 49.0 Å². The second-order valence-electron chi connectivity index (χ2n) is 10.5. The number of benzene rings is 3. The zero-order chi connectivity index (χ0) is 31.3. The number of rotatable bonds is 3. The number of hydrogen-bond acceptors (Lipinski definition) is 8. The topological polar surface area (TPSA) is 147 Å². The number of amides is 2. The smallest absolute Gasteiger partial charge is 0.258 e. The minimum absolute atomic E-state index is 0.00881. The highest BCUT2D eigenvalue weighted by atomic mass is 32.2. The molecule has 5 rings (SSSR count). The number of fused-ring (bicyclic) bond motifs is 5. The van der Waals surface area contributed by atoms with Crippen molar-refractivity contribution in [2.45, 2.75) is 42.8 Å². The van der Waals surface area contributed by atoms with Gasteiger partial charge in [-0.1, -0.05) is 6.07 Å². The summed E-state index contributed by atoms with van der Waals surface area (Å²) >= 11 is 0. The Morgan fingerprint density at radius 2 is 1.82 bits per heavy atom. The maximum atomic E-state index is 14.6. The van der Waals surface area contributed by atoms with E-state index in [1.54, 1.807) is 24.3 Å².